The van der Waals surface area contributed by atoms with Crippen LogP contribution in [0.2, 0.25) is 0 Å². The van der Waals surface area contributed by atoms with Gasteiger partial charge >= 0.3 is 23.9 Å². The maximum atomic E-state index is 10.3. The summed E-state index contributed by atoms with van der Waals surface area (Å²) in [5.74, 6) is -3.19. The number of aromatic nitrogens is 2. The van der Waals surface area contributed by atoms with Crippen LogP contribution in [0.4, 0.5) is 0 Å². The van der Waals surface area contributed by atoms with Crippen LogP contribution in [-0.2, 0) is 14.4 Å². The van der Waals surface area contributed by atoms with Gasteiger partial charge in [-0.3, -0.25) is 14.6 Å². The summed E-state index contributed by atoms with van der Waals surface area (Å²) in [4.78, 5) is 44.2. The van der Waals surface area contributed by atoms with Crippen molar-refractivity contribution in [2.75, 3.05) is 27.9 Å². The van der Waals surface area contributed by atoms with Gasteiger partial charge in [0.2, 0.25) is 5.88 Å². The van der Waals surface area contributed by atoms with Gasteiger partial charge in [0.25, 0.3) is 0 Å². The van der Waals surface area contributed by atoms with Crippen LogP contribution in [-0.4, -0.2) is 105 Å². The van der Waals surface area contributed by atoms with Gasteiger partial charge in [-0.2, -0.15) is 4.98 Å². The highest BCUT2D eigenvalue weighted by Gasteiger charge is 2.41. The van der Waals surface area contributed by atoms with Crippen LogP contribution < -0.4 is 18.9 Å². The van der Waals surface area contributed by atoms with Crippen molar-refractivity contribution in [1.82, 2.24) is 9.97 Å². The van der Waals surface area contributed by atoms with E-state index in [0.29, 0.717) is 36.0 Å². The summed E-state index contributed by atoms with van der Waals surface area (Å²) in [6.07, 6.45) is 1.27. The quantitative estimate of drug-likeness (QED) is 0.245. The van der Waals surface area contributed by atoms with Crippen LogP contribution in [0, 0.1) is 0 Å². The zero-order chi connectivity index (χ0) is 31.9. The number of benzene rings is 1. The highest BCUT2D eigenvalue weighted by atomic mass is 16.5. The molecule has 2 aliphatic rings. The molecular formula is C28H35N3O12. The molecule has 1 fully saturated rings. The van der Waals surface area contributed by atoms with Crippen LogP contribution in [0.3, 0.4) is 0 Å². The third-order valence-electron chi connectivity index (χ3n) is 7.02. The zero-order valence-electron chi connectivity index (χ0n) is 24.1. The Kier molecular flexibility index (Phi) is 10.8. The summed E-state index contributed by atoms with van der Waals surface area (Å²) in [6, 6.07) is 4.26. The van der Waals surface area contributed by atoms with Gasteiger partial charge in [0.15, 0.2) is 17.1 Å². The van der Waals surface area contributed by atoms with Crippen molar-refractivity contribution >= 4 is 23.6 Å². The molecule has 5 N–H and O–H groups in total. The average molecular weight is 606 g/mol. The van der Waals surface area contributed by atoms with Crippen molar-refractivity contribution in [2.45, 2.75) is 62.7 Å². The van der Waals surface area contributed by atoms with E-state index in [2.05, 4.69) is 9.97 Å². The molecule has 1 saturated carbocycles. The van der Waals surface area contributed by atoms with Crippen LogP contribution in [0.25, 0.3) is 0 Å². The molecule has 2 aromatic rings. The molecule has 0 unspecified atom stereocenters. The Balaban J connectivity index is 0.000000331. The molecule has 15 nitrogen and oxygen atoms in total. The minimum Gasteiger partial charge on any atom is -0.493 e. The summed E-state index contributed by atoms with van der Waals surface area (Å²) in [5.41, 5.74) is 0.708. The lowest BCUT2D eigenvalue weighted by atomic mass is 9.74. The van der Waals surface area contributed by atoms with Crippen LogP contribution in [0.15, 0.2) is 23.3 Å². The first-order valence-corrected chi connectivity index (χ1v) is 13.3. The van der Waals surface area contributed by atoms with E-state index in [0.717, 1.165) is 29.7 Å². The number of fused-ring (bicyclic) bond motifs is 3. The fraction of sp³-hybridized carbons (Fsp3) is 0.500. The number of carbonyl (C=O) groups is 3. The molecule has 0 saturated heterocycles. The largest absolute Gasteiger partial charge is 0.493 e. The summed E-state index contributed by atoms with van der Waals surface area (Å²) < 4.78 is 22.1. The fourth-order valence-corrected chi connectivity index (χ4v) is 5.07. The molecule has 1 aromatic heterocycles. The number of aliphatic imine (C=N–C) groups is 1. The lowest BCUT2D eigenvalue weighted by Gasteiger charge is -2.37. The van der Waals surface area contributed by atoms with Crippen LogP contribution >= 0.6 is 0 Å². The van der Waals surface area contributed by atoms with Gasteiger partial charge in [-0.1, -0.05) is 0 Å². The number of aliphatic carboxylic acids is 3. The van der Waals surface area contributed by atoms with Gasteiger partial charge in [-0.25, -0.2) is 9.78 Å². The lowest BCUT2D eigenvalue weighted by molar-refractivity contribution is -0.170. The molecule has 3 atom stereocenters. The summed E-state index contributed by atoms with van der Waals surface area (Å²) in [7, 11) is 4.70. The molecule has 43 heavy (non-hydrogen) atoms. The smallest absolute Gasteiger partial charge is 0.336 e. The van der Waals surface area contributed by atoms with E-state index in [4.69, 9.17) is 44.4 Å². The van der Waals surface area contributed by atoms with Crippen molar-refractivity contribution in [2.24, 2.45) is 4.99 Å². The fourth-order valence-electron chi connectivity index (χ4n) is 5.07. The number of rotatable bonds is 11. The number of nitrogens with zero attached hydrogens (tertiary/aromatic N) is 3. The molecule has 0 bridgehead atoms. The highest BCUT2D eigenvalue weighted by molar-refractivity contribution is 6.16. The number of hydrogen-bond acceptors (Lipinski definition) is 12. The number of aliphatic hydroxyl groups excluding tert-OH is 1. The number of carboxylic acids is 3. The second-order valence-corrected chi connectivity index (χ2v) is 9.90. The van der Waals surface area contributed by atoms with Gasteiger partial charge in [0.1, 0.15) is 0 Å². The monoisotopic (exact) mass is 605 g/mol. The SMILES string of the molecule is CCOc1cc2c(cc1OC)C(c1cnc(OC)nc1OC)=N[C@@H]1CC[C@@H](O)C[C@H]21.O=C(O)CC(O)(CC(=O)O)C(=O)O. The van der Waals surface area contributed by atoms with E-state index < -0.39 is 36.4 Å². The molecule has 234 valence electrons. The first kappa shape index (κ1) is 33.0. The Morgan fingerprint density at radius 3 is 2.16 bits per heavy atom. The van der Waals surface area contributed by atoms with E-state index in [9.17, 15) is 19.5 Å². The Hall–Kier alpha value is -4.50. The molecular weight excluding hydrogens is 570 g/mol. The summed E-state index contributed by atoms with van der Waals surface area (Å²) >= 11 is 0. The number of aliphatic hydroxyl groups is 2. The minimum absolute atomic E-state index is 0.0607. The van der Waals surface area contributed by atoms with E-state index in [-0.39, 0.29) is 24.1 Å². The Bertz CT molecular complexity index is 1360. The van der Waals surface area contributed by atoms with E-state index >= 15 is 0 Å². The third-order valence-corrected chi connectivity index (χ3v) is 7.02. The van der Waals surface area contributed by atoms with Crippen molar-refractivity contribution in [3.63, 3.8) is 0 Å². The highest BCUT2D eigenvalue weighted by Crippen LogP contribution is 2.45. The van der Waals surface area contributed by atoms with Crippen molar-refractivity contribution in [1.29, 1.82) is 0 Å². The van der Waals surface area contributed by atoms with Crippen LogP contribution in [0.5, 0.6) is 23.4 Å². The average Bonchev–Trinajstić information content (AvgIpc) is 2.95. The van der Waals surface area contributed by atoms with Crippen molar-refractivity contribution < 1.29 is 58.9 Å². The number of ether oxygens (including phenoxy) is 4. The molecule has 4 rings (SSSR count). The molecule has 1 aliphatic carbocycles. The zero-order valence-corrected chi connectivity index (χ0v) is 24.1. The molecule has 1 aromatic carbocycles. The lowest BCUT2D eigenvalue weighted by Crippen LogP contribution is -2.42. The summed E-state index contributed by atoms with van der Waals surface area (Å²) in [6.45, 7) is 2.48. The van der Waals surface area contributed by atoms with Gasteiger partial charge in [0, 0.05) is 17.7 Å². The molecule has 1 aliphatic heterocycles. The second kappa shape index (κ2) is 14.1. The van der Waals surface area contributed by atoms with E-state index in [1.165, 1.54) is 7.11 Å². The first-order valence-electron chi connectivity index (χ1n) is 13.3. The maximum absolute atomic E-state index is 10.3. The molecule has 0 radical (unpaired) electrons. The maximum Gasteiger partial charge on any atom is 0.336 e. The number of carboxylic acid groups (broad SMARTS) is 3. The Morgan fingerprint density at radius 2 is 1.63 bits per heavy atom. The number of hydrogen-bond donors (Lipinski definition) is 5. The Labute approximate surface area is 246 Å². The van der Waals surface area contributed by atoms with Gasteiger partial charge in [0.05, 0.1) is 64.2 Å². The van der Waals surface area contributed by atoms with Gasteiger partial charge in [-0.15, -0.1) is 0 Å². The molecule has 0 amide bonds. The van der Waals surface area contributed by atoms with Crippen LogP contribution in [0.1, 0.15) is 61.6 Å². The molecule has 15 heteroatoms. The van der Waals surface area contributed by atoms with E-state index in [1.54, 1.807) is 20.4 Å². The third kappa shape index (κ3) is 7.67. The Morgan fingerprint density at radius 1 is 0.953 bits per heavy atom. The van der Waals surface area contributed by atoms with Gasteiger partial charge < -0.3 is 44.5 Å². The topological polar surface area (TPSA) is 227 Å². The minimum atomic E-state index is -2.74. The van der Waals surface area contributed by atoms with E-state index in [1.807, 2.05) is 19.1 Å². The summed E-state index contributed by atoms with van der Waals surface area (Å²) in [5, 5.41) is 44.1. The molecule has 2 heterocycles. The predicted octanol–water partition coefficient (Wildman–Crippen LogP) is 1.50. The number of methoxy groups -OCH3 is 3. The predicted molar refractivity (Wildman–Crippen MR) is 148 cm³/mol. The second-order valence-electron chi connectivity index (χ2n) is 9.90. The molecule has 0 spiro atoms. The van der Waals surface area contributed by atoms with Crippen molar-refractivity contribution in [3.05, 3.63) is 35.0 Å². The normalized spacial score (nSPS) is 18.9. The standard InChI is InChI=1S/C22H27N3O5.C6H8O7/c1-5-30-19-9-13-14-8-12(26)6-7-17(14)24-20(15(13)10-18(19)27-2)16-11-23-22(29-4)25-21(16)28-3;7-3(8)1-6(13,5(11)12)2-4(9)10/h9-12,14,17,26H,5-8H2,1-4H3;13H,1-2H2,(H,7,8)(H,9,10)(H,11,12)/t12-,14-,17-;/m1./s1. The van der Waals surface area contributed by atoms with Gasteiger partial charge in [-0.05, 0) is 43.9 Å². The first-order chi connectivity index (χ1) is 20.4. The van der Waals surface area contributed by atoms with Crippen molar-refractivity contribution in [3.8, 4) is 23.4 Å².